The minimum Gasteiger partial charge on any atom is -0.491 e. The first kappa shape index (κ1) is 19.7. The van der Waals surface area contributed by atoms with Crippen molar-refractivity contribution in [2.24, 2.45) is 0 Å². The lowest BCUT2D eigenvalue weighted by Gasteiger charge is -2.12. The highest BCUT2D eigenvalue weighted by molar-refractivity contribution is 5.94. The molecule has 7 heteroatoms. The van der Waals surface area contributed by atoms with E-state index in [-0.39, 0.29) is 5.82 Å². The van der Waals surface area contributed by atoms with Crippen LogP contribution in [0.25, 0.3) is 33.4 Å². The van der Waals surface area contributed by atoms with Crippen molar-refractivity contribution in [3.05, 3.63) is 66.7 Å². The fraction of sp³-hybridized carbons (Fsp3) is 0.174. The Morgan fingerprint density at radius 2 is 1.90 bits per heavy atom. The van der Waals surface area contributed by atoms with Gasteiger partial charge in [0.2, 0.25) is 0 Å². The van der Waals surface area contributed by atoms with Gasteiger partial charge in [-0.2, -0.15) is 0 Å². The second-order valence-electron chi connectivity index (χ2n) is 6.60. The van der Waals surface area contributed by atoms with Crippen LogP contribution in [-0.2, 0) is 4.74 Å². The second kappa shape index (κ2) is 8.84. The molecule has 2 aromatic carbocycles. The highest BCUT2D eigenvalue weighted by atomic mass is 19.1. The van der Waals surface area contributed by atoms with E-state index in [0.29, 0.717) is 41.7 Å². The predicted molar refractivity (Wildman–Crippen MR) is 115 cm³/mol. The zero-order valence-corrected chi connectivity index (χ0v) is 16.7. The summed E-state index contributed by atoms with van der Waals surface area (Å²) in [6.45, 7) is 0.860. The van der Waals surface area contributed by atoms with Crippen molar-refractivity contribution < 1.29 is 13.9 Å². The lowest BCUT2D eigenvalue weighted by Crippen LogP contribution is -2.04. The molecule has 0 aliphatic carbocycles. The number of aromatic nitrogens is 3. The van der Waals surface area contributed by atoms with Crippen molar-refractivity contribution in [1.29, 1.82) is 0 Å². The van der Waals surface area contributed by atoms with Crippen molar-refractivity contribution in [2.45, 2.75) is 0 Å². The number of anilines is 1. The van der Waals surface area contributed by atoms with Gasteiger partial charge in [-0.25, -0.2) is 14.4 Å². The molecule has 0 spiro atoms. The van der Waals surface area contributed by atoms with Gasteiger partial charge in [0.15, 0.2) is 5.82 Å². The lowest BCUT2D eigenvalue weighted by molar-refractivity contribution is 0.146. The van der Waals surface area contributed by atoms with E-state index in [4.69, 9.17) is 9.47 Å². The maximum absolute atomic E-state index is 14.6. The van der Waals surface area contributed by atoms with E-state index in [1.54, 1.807) is 38.7 Å². The molecule has 2 heterocycles. The molecule has 6 nitrogen and oxygen atoms in total. The first-order valence-corrected chi connectivity index (χ1v) is 9.51. The van der Waals surface area contributed by atoms with Crippen LogP contribution in [0.5, 0.6) is 5.75 Å². The molecule has 0 bridgehead atoms. The summed E-state index contributed by atoms with van der Waals surface area (Å²) in [5, 5.41) is 3.91. The molecule has 4 rings (SSSR count). The summed E-state index contributed by atoms with van der Waals surface area (Å²) in [5.41, 5.74) is 2.74. The van der Waals surface area contributed by atoms with Crippen molar-refractivity contribution in [1.82, 2.24) is 15.0 Å². The Morgan fingerprint density at radius 1 is 1.00 bits per heavy atom. The third kappa shape index (κ3) is 4.06. The van der Waals surface area contributed by atoms with E-state index in [2.05, 4.69) is 20.3 Å². The third-order valence-corrected chi connectivity index (χ3v) is 4.66. The molecule has 0 fully saturated rings. The highest BCUT2D eigenvalue weighted by Gasteiger charge is 2.13. The molecule has 0 atom stereocenters. The first-order chi connectivity index (χ1) is 14.7. The number of nitrogens with zero attached hydrogens (tertiary/aromatic N) is 3. The monoisotopic (exact) mass is 404 g/mol. The molecule has 30 heavy (non-hydrogen) atoms. The molecule has 152 valence electrons. The van der Waals surface area contributed by atoms with Crippen LogP contribution in [-0.4, -0.2) is 42.3 Å². The Labute approximate surface area is 173 Å². The van der Waals surface area contributed by atoms with Gasteiger partial charge >= 0.3 is 0 Å². The standard InChI is InChI=1S/C23H21FN4O2/c1-25-23-19-12-15(18-13-17(6-7-20(18)24)30-11-10-29-2)5-8-21(19)27-22(28-23)16-4-3-9-26-14-16/h3-9,12-14H,10-11H2,1-2H3,(H,25,27,28). The molecular weight excluding hydrogens is 383 g/mol. The zero-order valence-electron chi connectivity index (χ0n) is 16.7. The lowest BCUT2D eigenvalue weighted by atomic mass is 10.0. The van der Waals surface area contributed by atoms with Crippen LogP contribution in [0.1, 0.15) is 0 Å². The Bertz CT molecular complexity index is 1170. The minimum absolute atomic E-state index is 0.327. The maximum Gasteiger partial charge on any atom is 0.163 e. The van der Waals surface area contributed by atoms with Gasteiger partial charge < -0.3 is 14.8 Å². The molecule has 0 amide bonds. The number of rotatable bonds is 7. The van der Waals surface area contributed by atoms with Gasteiger partial charge in [-0.1, -0.05) is 6.07 Å². The summed E-state index contributed by atoms with van der Waals surface area (Å²) >= 11 is 0. The summed E-state index contributed by atoms with van der Waals surface area (Å²) in [5.74, 6) is 1.49. The van der Waals surface area contributed by atoms with Crippen LogP contribution in [0.4, 0.5) is 10.2 Å². The van der Waals surface area contributed by atoms with Gasteiger partial charge in [-0.15, -0.1) is 0 Å². The Hall–Kier alpha value is -3.58. The van der Waals surface area contributed by atoms with Crippen molar-refractivity contribution in [2.75, 3.05) is 32.7 Å². The number of nitrogens with one attached hydrogen (secondary N) is 1. The maximum atomic E-state index is 14.6. The SMILES string of the molecule is CNc1nc(-c2cccnc2)nc2ccc(-c3cc(OCCOC)ccc3F)cc12. The number of halogens is 1. The fourth-order valence-corrected chi connectivity index (χ4v) is 3.17. The smallest absolute Gasteiger partial charge is 0.163 e. The summed E-state index contributed by atoms with van der Waals surface area (Å²) < 4.78 is 25.2. The topological polar surface area (TPSA) is 69.2 Å². The van der Waals surface area contributed by atoms with Crippen LogP contribution in [0.2, 0.25) is 0 Å². The zero-order chi connectivity index (χ0) is 20.9. The molecule has 0 aliphatic heterocycles. The fourth-order valence-electron chi connectivity index (χ4n) is 3.17. The van der Waals surface area contributed by atoms with E-state index in [0.717, 1.165) is 16.5 Å². The quantitative estimate of drug-likeness (QED) is 0.455. The summed E-state index contributed by atoms with van der Waals surface area (Å²) in [7, 11) is 3.40. The largest absolute Gasteiger partial charge is 0.491 e. The number of pyridine rings is 1. The molecule has 0 saturated heterocycles. The molecule has 0 aliphatic rings. The van der Waals surface area contributed by atoms with Crippen LogP contribution < -0.4 is 10.1 Å². The summed E-state index contributed by atoms with van der Waals surface area (Å²) in [6.07, 6.45) is 3.43. The number of fused-ring (bicyclic) bond motifs is 1. The van der Waals surface area contributed by atoms with E-state index in [1.807, 2.05) is 30.3 Å². The molecule has 4 aromatic rings. The van der Waals surface area contributed by atoms with Gasteiger partial charge in [-0.3, -0.25) is 4.98 Å². The number of methoxy groups -OCH3 is 1. The van der Waals surface area contributed by atoms with Gasteiger partial charge in [0, 0.05) is 43.1 Å². The van der Waals surface area contributed by atoms with Crippen LogP contribution >= 0.6 is 0 Å². The minimum atomic E-state index is -0.327. The van der Waals surface area contributed by atoms with Crippen LogP contribution in [0.15, 0.2) is 60.9 Å². The highest BCUT2D eigenvalue weighted by Crippen LogP contribution is 2.32. The van der Waals surface area contributed by atoms with E-state index in [9.17, 15) is 4.39 Å². The third-order valence-electron chi connectivity index (χ3n) is 4.66. The number of ether oxygens (including phenoxy) is 2. The average molecular weight is 404 g/mol. The average Bonchev–Trinajstić information content (AvgIpc) is 2.80. The second-order valence-corrected chi connectivity index (χ2v) is 6.60. The molecule has 0 unspecified atom stereocenters. The summed E-state index contributed by atoms with van der Waals surface area (Å²) in [4.78, 5) is 13.4. The van der Waals surface area contributed by atoms with E-state index >= 15 is 0 Å². The van der Waals surface area contributed by atoms with Crippen LogP contribution in [0, 0.1) is 5.82 Å². The predicted octanol–water partition coefficient (Wildman–Crippen LogP) is 4.56. The van der Waals surface area contributed by atoms with E-state index < -0.39 is 0 Å². The van der Waals surface area contributed by atoms with Gasteiger partial charge in [0.1, 0.15) is 24.0 Å². The normalized spacial score (nSPS) is 10.9. The van der Waals surface area contributed by atoms with Gasteiger partial charge in [0.25, 0.3) is 0 Å². The molecule has 2 aromatic heterocycles. The number of hydrogen-bond donors (Lipinski definition) is 1. The summed E-state index contributed by atoms with van der Waals surface area (Å²) in [6, 6.07) is 14.0. The number of hydrogen-bond acceptors (Lipinski definition) is 6. The van der Waals surface area contributed by atoms with Gasteiger partial charge in [-0.05, 0) is 48.0 Å². The van der Waals surface area contributed by atoms with E-state index in [1.165, 1.54) is 6.07 Å². The van der Waals surface area contributed by atoms with Crippen LogP contribution in [0.3, 0.4) is 0 Å². The van der Waals surface area contributed by atoms with Crippen molar-refractivity contribution >= 4 is 16.7 Å². The molecule has 1 N–H and O–H groups in total. The Balaban J connectivity index is 1.76. The molecule has 0 radical (unpaired) electrons. The Morgan fingerprint density at radius 3 is 2.67 bits per heavy atom. The number of benzene rings is 2. The van der Waals surface area contributed by atoms with Crippen molar-refractivity contribution in [3.8, 4) is 28.3 Å². The molecule has 0 saturated carbocycles. The first-order valence-electron chi connectivity index (χ1n) is 9.51. The Kier molecular flexibility index (Phi) is 5.81. The molecular formula is C23H21FN4O2. The van der Waals surface area contributed by atoms with Gasteiger partial charge in [0.05, 0.1) is 12.1 Å². The van der Waals surface area contributed by atoms with Crippen molar-refractivity contribution in [3.63, 3.8) is 0 Å².